The highest BCUT2D eigenvalue weighted by Crippen LogP contribution is 2.51. The fourth-order valence-corrected chi connectivity index (χ4v) is 6.59. The van der Waals surface area contributed by atoms with Gasteiger partial charge in [0.05, 0.1) is 5.41 Å². The quantitative estimate of drug-likeness (QED) is 0.301. The molecule has 0 radical (unpaired) electrons. The molecule has 2 N–H and O–H groups in total. The van der Waals surface area contributed by atoms with Crippen LogP contribution in [0.3, 0.4) is 0 Å². The molecular weight excluding hydrogens is 476 g/mol. The number of hydrogen-bond donors (Lipinski definition) is 2. The van der Waals surface area contributed by atoms with Crippen molar-refractivity contribution < 1.29 is 4.79 Å². The monoisotopic (exact) mass is 502 g/mol. The molecule has 0 bridgehead atoms. The van der Waals surface area contributed by atoms with E-state index in [1.807, 2.05) is 42.2 Å². The first-order chi connectivity index (χ1) is 18.2. The van der Waals surface area contributed by atoms with Crippen LogP contribution in [-0.2, 0) is 10.2 Å². The Morgan fingerprint density at radius 2 is 1.84 bits per heavy atom. The summed E-state index contributed by atoms with van der Waals surface area (Å²) in [6, 6.07) is 18.6. The molecule has 0 saturated heterocycles. The van der Waals surface area contributed by atoms with Gasteiger partial charge >= 0.3 is 0 Å². The molecule has 3 heterocycles. The molecule has 2 fully saturated rings. The zero-order valence-electron chi connectivity index (χ0n) is 20.4. The van der Waals surface area contributed by atoms with Gasteiger partial charge in [-0.15, -0.1) is 11.8 Å². The number of anilines is 3. The smallest absolute Gasteiger partial charge is 0.235 e. The highest BCUT2D eigenvalue weighted by molar-refractivity contribution is 8.00. The molecule has 0 unspecified atom stereocenters. The van der Waals surface area contributed by atoms with Crippen molar-refractivity contribution in [3.63, 3.8) is 0 Å². The molecule has 1 spiro atoms. The lowest BCUT2D eigenvalue weighted by atomic mass is 9.65. The summed E-state index contributed by atoms with van der Waals surface area (Å²) in [5.41, 5.74) is 4.29. The van der Waals surface area contributed by atoms with Crippen molar-refractivity contribution in [3.05, 3.63) is 83.8 Å². The van der Waals surface area contributed by atoms with E-state index in [2.05, 4.69) is 62.8 Å². The second-order valence-corrected chi connectivity index (χ2v) is 11.5. The fourth-order valence-electron chi connectivity index (χ4n) is 5.34. The van der Waals surface area contributed by atoms with Crippen molar-refractivity contribution in [2.75, 3.05) is 10.6 Å². The van der Waals surface area contributed by atoms with Gasteiger partial charge in [0, 0.05) is 50.2 Å². The molecule has 1 aliphatic heterocycles. The molecule has 7 rings (SSSR count). The molecule has 2 saturated carbocycles. The van der Waals surface area contributed by atoms with Crippen LogP contribution >= 0.6 is 11.8 Å². The van der Waals surface area contributed by atoms with Crippen LogP contribution in [0.1, 0.15) is 55.3 Å². The Morgan fingerprint density at radius 3 is 2.59 bits per heavy atom. The number of benzene rings is 2. The minimum atomic E-state index is -0.301. The third kappa shape index (κ3) is 4.04. The number of pyridine rings is 2. The van der Waals surface area contributed by atoms with Crippen LogP contribution in [0.15, 0.2) is 71.9 Å². The van der Waals surface area contributed by atoms with E-state index in [4.69, 9.17) is 0 Å². The number of amides is 1. The molecular formula is C31H26N4OS. The molecule has 2 aromatic carbocycles. The summed E-state index contributed by atoms with van der Waals surface area (Å²) < 4.78 is 0. The topological polar surface area (TPSA) is 66.9 Å². The van der Waals surface area contributed by atoms with Gasteiger partial charge in [0.15, 0.2) is 0 Å². The minimum absolute atomic E-state index is 0.133. The summed E-state index contributed by atoms with van der Waals surface area (Å²) in [4.78, 5) is 23.0. The van der Waals surface area contributed by atoms with E-state index in [9.17, 15) is 4.79 Å². The van der Waals surface area contributed by atoms with Crippen LogP contribution in [0.25, 0.3) is 10.8 Å². The van der Waals surface area contributed by atoms with Crippen LogP contribution in [0.5, 0.6) is 0 Å². The third-order valence-electron chi connectivity index (χ3n) is 7.88. The highest BCUT2D eigenvalue weighted by atomic mass is 32.2. The molecule has 4 aromatic rings. The van der Waals surface area contributed by atoms with Crippen LogP contribution in [0, 0.1) is 11.8 Å². The van der Waals surface area contributed by atoms with Crippen molar-refractivity contribution in [1.29, 1.82) is 0 Å². The summed E-state index contributed by atoms with van der Waals surface area (Å²) in [7, 11) is 0. The van der Waals surface area contributed by atoms with Crippen molar-refractivity contribution in [2.24, 2.45) is 0 Å². The number of rotatable bonds is 4. The number of hydrogen-bond acceptors (Lipinski definition) is 5. The van der Waals surface area contributed by atoms with Gasteiger partial charge < -0.3 is 10.6 Å². The lowest BCUT2D eigenvalue weighted by Crippen LogP contribution is -2.40. The van der Waals surface area contributed by atoms with Gasteiger partial charge in [0.25, 0.3) is 0 Å². The molecule has 1 amide bonds. The summed E-state index contributed by atoms with van der Waals surface area (Å²) in [6.45, 7) is 0. The summed E-state index contributed by atoms with van der Waals surface area (Å²) in [5.74, 6) is 7.40. The van der Waals surface area contributed by atoms with Crippen molar-refractivity contribution >= 4 is 45.6 Å². The van der Waals surface area contributed by atoms with Crippen molar-refractivity contribution in [2.45, 2.75) is 54.1 Å². The Kier molecular flexibility index (Phi) is 5.40. The Morgan fingerprint density at radius 1 is 0.973 bits per heavy atom. The molecule has 2 aliphatic carbocycles. The summed E-state index contributed by atoms with van der Waals surface area (Å²) >= 11 is 1.98. The van der Waals surface area contributed by atoms with E-state index in [0.29, 0.717) is 5.69 Å². The molecule has 0 atom stereocenters. The molecule has 6 heteroatoms. The Balaban J connectivity index is 1.13. The average molecular weight is 503 g/mol. The van der Waals surface area contributed by atoms with E-state index < -0.39 is 0 Å². The molecule has 37 heavy (non-hydrogen) atoms. The number of carbonyl (C=O) groups is 1. The Labute approximate surface area is 220 Å². The first-order valence-electron chi connectivity index (χ1n) is 12.9. The number of carbonyl (C=O) groups excluding carboxylic acids is 1. The first kappa shape index (κ1) is 22.4. The van der Waals surface area contributed by atoms with Gasteiger partial charge in [0.1, 0.15) is 11.5 Å². The first-order valence-corrected chi connectivity index (χ1v) is 13.8. The SMILES string of the molecule is O=C1Nc2cc(C#Cc3nccc4cnc(Nc5ccc(SC6CCC6)cc5)cc34)ccc2C12CCC2. The van der Waals surface area contributed by atoms with E-state index in [1.54, 1.807) is 6.20 Å². The van der Waals surface area contributed by atoms with Gasteiger partial charge in [-0.2, -0.15) is 0 Å². The standard InChI is InChI=1S/C31H26N4OS/c36-30-31(14-2-15-31)26-11-5-20(17-28(26)35-30)6-12-27-25-18-29(33-19-21(25)13-16-32-27)34-22-7-9-24(10-8-22)37-23-3-1-4-23/h5,7-11,13,16-19,23H,1-4,14-15H2,(H,33,34)(H,35,36). The van der Waals surface area contributed by atoms with E-state index in [-0.39, 0.29) is 11.3 Å². The van der Waals surface area contributed by atoms with Gasteiger partial charge in [-0.3, -0.25) is 4.79 Å². The summed E-state index contributed by atoms with van der Waals surface area (Å²) in [6.07, 6.45) is 10.6. The number of nitrogens with one attached hydrogen (secondary N) is 2. The maximum Gasteiger partial charge on any atom is 0.235 e. The molecule has 3 aliphatic rings. The highest BCUT2D eigenvalue weighted by Gasteiger charge is 2.50. The van der Waals surface area contributed by atoms with E-state index in [0.717, 1.165) is 63.6 Å². The van der Waals surface area contributed by atoms with Crippen LogP contribution in [0.4, 0.5) is 17.2 Å². The average Bonchev–Trinajstić information content (AvgIpc) is 3.17. The second kappa shape index (κ2) is 8.93. The second-order valence-electron chi connectivity index (χ2n) is 10.2. The van der Waals surface area contributed by atoms with Crippen LogP contribution in [0.2, 0.25) is 0 Å². The third-order valence-corrected chi connectivity index (χ3v) is 9.23. The summed E-state index contributed by atoms with van der Waals surface area (Å²) in [5, 5.41) is 9.21. The van der Waals surface area contributed by atoms with E-state index >= 15 is 0 Å². The maximum absolute atomic E-state index is 12.5. The number of thioether (sulfide) groups is 1. The van der Waals surface area contributed by atoms with Gasteiger partial charge in [0.2, 0.25) is 5.91 Å². The lowest BCUT2D eigenvalue weighted by molar-refractivity contribution is -0.123. The normalized spacial score (nSPS) is 17.4. The fraction of sp³-hybridized carbons (Fsp3) is 0.258. The Hall–Kier alpha value is -3.82. The zero-order valence-corrected chi connectivity index (χ0v) is 21.2. The van der Waals surface area contributed by atoms with Crippen molar-refractivity contribution in [3.8, 4) is 11.8 Å². The van der Waals surface area contributed by atoms with Crippen molar-refractivity contribution in [1.82, 2.24) is 9.97 Å². The van der Waals surface area contributed by atoms with Crippen LogP contribution < -0.4 is 10.6 Å². The molecule has 5 nitrogen and oxygen atoms in total. The zero-order chi connectivity index (χ0) is 24.8. The predicted octanol–water partition coefficient (Wildman–Crippen LogP) is 6.79. The minimum Gasteiger partial charge on any atom is -0.340 e. The maximum atomic E-state index is 12.5. The van der Waals surface area contributed by atoms with Gasteiger partial charge in [-0.05, 0) is 85.7 Å². The molecule has 182 valence electrons. The lowest BCUT2D eigenvalue weighted by Gasteiger charge is -2.36. The largest absolute Gasteiger partial charge is 0.340 e. The van der Waals surface area contributed by atoms with Crippen LogP contribution in [-0.4, -0.2) is 21.1 Å². The predicted molar refractivity (Wildman–Crippen MR) is 149 cm³/mol. The molecule has 2 aromatic heterocycles. The van der Waals surface area contributed by atoms with E-state index in [1.165, 1.54) is 24.2 Å². The van der Waals surface area contributed by atoms with Gasteiger partial charge in [-0.25, -0.2) is 9.97 Å². The number of nitrogens with zero attached hydrogens (tertiary/aromatic N) is 2. The Bertz CT molecular complexity index is 1590. The van der Waals surface area contributed by atoms with Gasteiger partial charge in [-0.1, -0.05) is 24.8 Å². The number of fused-ring (bicyclic) bond motifs is 3. The number of aromatic nitrogens is 2.